The predicted octanol–water partition coefficient (Wildman–Crippen LogP) is 2.02. The zero-order valence-electron chi connectivity index (χ0n) is 12.0. The third-order valence-electron chi connectivity index (χ3n) is 4.06. The fourth-order valence-electron chi connectivity index (χ4n) is 2.82. The van der Waals surface area contributed by atoms with Crippen molar-refractivity contribution in [3.8, 4) is 5.75 Å². The Bertz CT molecular complexity index is 415. The molecule has 2 aliphatic rings. The number of ether oxygens (including phenoxy) is 1. The molecule has 20 heavy (non-hydrogen) atoms. The molecule has 2 heterocycles. The molecule has 0 aromatic heterocycles. The molecule has 0 amide bonds. The molecule has 3 rings (SSSR count). The average molecular weight is 292 g/mol. The van der Waals surface area contributed by atoms with Crippen LogP contribution in [0.15, 0.2) is 24.3 Å². The molecular formula is C16H24N2OS. The van der Waals surface area contributed by atoms with Crippen LogP contribution in [0.5, 0.6) is 5.75 Å². The zero-order valence-corrected chi connectivity index (χ0v) is 12.8. The van der Waals surface area contributed by atoms with Crippen molar-refractivity contribution in [3.63, 3.8) is 0 Å². The zero-order chi connectivity index (χ0) is 13.6. The summed E-state index contributed by atoms with van der Waals surface area (Å²) in [6.07, 6.45) is 2.70. The van der Waals surface area contributed by atoms with Gasteiger partial charge in [0.05, 0.1) is 0 Å². The summed E-state index contributed by atoms with van der Waals surface area (Å²) < 4.78 is 6.19. The van der Waals surface area contributed by atoms with E-state index in [2.05, 4.69) is 34.5 Å². The molecule has 0 bridgehead atoms. The van der Waals surface area contributed by atoms with Crippen molar-refractivity contribution in [2.24, 2.45) is 0 Å². The quantitative estimate of drug-likeness (QED) is 0.897. The molecule has 0 spiro atoms. The summed E-state index contributed by atoms with van der Waals surface area (Å²) in [6, 6.07) is 8.57. The first-order valence-corrected chi connectivity index (χ1v) is 8.83. The van der Waals surface area contributed by atoms with Crippen molar-refractivity contribution in [1.82, 2.24) is 10.2 Å². The second-order valence-corrected chi connectivity index (χ2v) is 6.70. The Labute approximate surface area is 126 Å². The van der Waals surface area contributed by atoms with Gasteiger partial charge in [-0.15, -0.1) is 0 Å². The number of rotatable bonds is 5. The number of piperazine rings is 1. The van der Waals surface area contributed by atoms with Crippen molar-refractivity contribution in [1.29, 1.82) is 0 Å². The van der Waals surface area contributed by atoms with Gasteiger partial charge in [-0.25, -0.2) is 0 Å². The summed E-state index contributed by atoms with van der Waals surface area (Å²) in [6.45, 7) is 5.72. The molecule has 0 saturated carbocycles. The van der Waals surface area contributed by atoms with Crippen molar-refractivity contribution in [2.45, 2.75) is 18.9 Å². The monoisotopic (exact) mass is 292 g/mol. The van der Waals surface area contributed by atoms with Crippen LogP contribution < -0.4 is 10.1 Å². The first kappa shape index (κ1) is 14.2. The highest BCUT2D eigenvalue weighted by atomic mass is 32.2. The maximum absolute atomic E-state index is 6.19. The normalized spacial score (nSPS) is 23.9. The van der Waals surface area contributed by atoms with Crippen molar-refractivity contribution in [2.75, 3.05) is 44.2 Å². The fourth-order valence-corrected chi connectivity index (χ4v) is 3.92. The van der Waals surface area contributed by atoms with Gasteiger partial charge in [-0.05, 0) is 30.2 Å². The van der Waals surface area contributed by atoms with Crippen LogP contribution in [0.1, 0.15) is 12.0 Å². The van der Waals surface area contributed by atoms with E-state index in [1.165, 1.54) is 30.8 Å². The summed E-state index contributed by atoms with van der Waals surface area (Å²) in [4.78, 5) is 2.54. The van der Waals surface area contributed by atoms with Gasteiger partial charge in [0.25, 0.3) is 0 Å². The van der Waals surface area contributed by atoms with Crippen LogP contribution in [-0.2, 0) is 6.42 Å². The standard InChI is InChI=1S/C16H24N2OS/c1-2-4-16(19-15-6-12-20-13-15)14(3-1)5-9-18-10-7-17-8-11-18/h1-4,15,17H,5-13H2. The van der Waals surface area contributed by atoms with Gasteiger partial charge in [-0.2, -0.15) is 11.8 Å². The van der Waals surface area contributed by atoms with Gasteiger partial charge in [0.15, 0.2) is 0 Å². The van der Waals surface area contributed by atoms with E-state index in [0.717, 1.165) is 37.6 Å². The maximum Gasteiger partial charge on any atom is 0.122 e. The van der Waals surface area contributed by atoms with E-state index < -0.39 is 0 Å². The SMILES string of the molecule is c1ccc(OC2CCSC2)c(CCN2CCNCC2)c1. The minimum Gasteiger partial charge on any atom is -0.489 e. The molecule has 0 radical (unpaired) electrons. The number of hydrogen-bond acceptors (Lipinski definition) is 4. The van der Waals surface area contributed by atoms with Crippen LogP contribution in [0.25, 0.3) is 0 Å². The molecule has 1 atom stereocenters. The van der Waals surface area contributed by atoms with Gasteiger partial charge >= 0.3 is 0 Å². The molecule has 0 aliphatic carbocycles. The van der Waals surface area contributed by atoms with E-state index in [9.17, 15) is 0 Å². The minimum atomic E-state index is 0.417. The van der Waals surface area contributed by atoms with Gasteiger partial charge in [-0.3, -0.25) is 0 Å². The van der Waals surface area contributed by atoms with Crippen LogP contribution >= 0.6 is 11.8 Å². The molecule has 1 N–H and O–H groups in total. The van der Waals surface area contributed by atoms with E-state index in [0.29, 0.717) is 6.10 Å². The lowest BCUT2D eigenvalue weighted by Crippen LogP contribution is -2.44. The van der Waals surface area contributed by atoms with Crippen LogP contribution in [0.4, 0.5) is 0 Å². The topological polar surface area (TPSA) is 24.5 Å². The van der Waals surface area contributed by atoms with Gasteiger partial charge in [0.2, 0.25) is 0 Å². The molecule has 2 saturated heterocycles. The Morgan fingerprint density at radius 2 is 2.10 bits per heavy atom. The van der Waals surface area contributed by atoms with Gasteiger partial charge in [0.1, 0.15) is 11.9 Å². The Morgan fingerprint density at radius 3 is 2.90 bits per heavy atom. The highest BCUT2D eigenvalue weighted by Gasteiger charge is 2.18. The van der Waals surface area contributed by atoms with E-state index in [1.807, 2.05) is 11.8 Å². The first-order valence-electron chi connectivity index (χ1n) is 7.67. The molecule has 110 valence electrons. The molecular weight excluding hydrogens is 268 g/mol. The number of nitrogens with one attached hydrogen (secondary N) is 1. The second kappa shape index (κ2) is 7.34. The Balaban J connectivity index is 1.57. The lowest BCUT2D eigenvalue weighted by atomic mass is 10.1. The van der Waals surface area contributed by atoms with Crippen molar-refractivity contribution in [3.05, 3.63) is 29.8 Å². The number of nitrogens with zero attached hydrogens (tertiary/aromatic N) is 1. The van der Waals surface area contributed by atoms with Crippen LogP contribution in [0.3, 0.4) is 0 Å². The molecule has 1 aromatic carbocycles. The summed E-state index contributed by atoms with van der Waals surface area (Å²) in [5.41, 5.74) is 1.36. The van der Waals surface area contributed by atoms with E-state index >= 15 is 0 Å². The highest BCUT2D eigenvalue weighted by Crippen LogP contribution is 2.26. The number of thioether (sulfide) groups is 1. The number of para-hydroxylation sites is 1. The Morgan fingerprint density at radius 1 is 1.25 bits per heavy atom. The van der Waals surface area contributed by atoms with Crippen molar-refractivity contribution < 1.29 is 4.74 Å². The summed E-state index contributed by atoms with van der Waals surface area (Å²) in [7, 11) is 0. The molecule has 1 aromatic rings. The molecule has 3 nitrogen and oxygen atoms in total. The van der Waals surface area contributed by atoms with E-state index in [4.69, 9.17) is 4.74 Å². The fraction of sp³-hybridized carbons (Fsp3) is 0.625. The average Bonchev–Trinajstić information content (AvgIpc) is 3.00. The van der Waals surface area contributed by atoms with Gasteiger partial charge < -0.3 is 15.0 Å². The largest absolute Gasteiger partial charge is 0.489 e. The van der Waals surface area contributed by atoms with Crippen molar-refractivity contribution >= 4 is 11.8 Å². The third-order valence-corrected chi connectivity index (χ3v) is 5.19. The summed E-state index contributed by atoms with van der Waals surface area (Å²) in [5.74, 6) is 3.50. The van der Waals surface area contributed by atoms with Crippen LogP contribution in [-0.4, -0.2) is 55.2 Å². The number of benzene rings is 1. The third kappa shape index (κ3) is 3.90. The lowest BCUT2D eigenvalue weighted by Gasteiger charge is -2.27. The van der Waals surface area contributed by atoms with Gasteiger partial charge in [-0.1, -0.05) is 18.2 Å². The second-order valence-electron chi connectivity index (χ2n) is 5.55. The minimum absolute atomic E-state index is 0.417. The molecule has 2 aliphatic heterocycles. The summed E-state index contributed by atoms with van der Waals surface area (Å²) >= 11 is 2.00. The van der Waals surface area contributed by atoms with Crippen LogP contribution in [0, 0.1) is 0 Å². The molecule has 1 unspecified atom stereocenters. The smallest absolute Gasteiger partial charge is 0.122 e. The van der Waals surface area contributed by atoms with E-state index in [1.54, 1.807) is 0 Å². The lowest BCUT2D eigenvalue weighted by molar-refractivity contribution is 0.222. The Kier molecular flexibility index (Phi) is 5.23. The van der Waals surface area contributed by atoms with Gasteiger partial charge in [0, 0.05) is 38.5 Å². The molecule has 2 fully saturated rings. The maximum atomic E-state index is 6.19. The van der Waals surface area contributed by atoms with E-state index in [-0.39, 0.29) is 0 Å². The first-order chi connectivity index (χ1) is 9.92. The molecule has 4 heteroatoms. The van der Waals surface area contributed by atoms with Crippen LogP contribution in [0.2, 0.25) is 0 Å². The Hall–Kier alpha value is -0.710. The highest BCUT2D eigenvalue weighted by molar-refractivity contribution is 7.99. The summed E-state index contributed by atoms with van der Waals surface area (Å²) in [5, 5.41) is 3.40. The predicted molar refractivity (Wildman–Crippen MR) is 85.8 cm³/mol. The number of hydrogen-bond donors (Lipinski definition) is 1.